The van der Waals surface area contributed by atoms with Crippen LogP contribution >= 0.6 is 11.6 Å². The quantitative estimate of drug-likeness (QED) is 0.778. The Kier molecular flexibility index (Phi) is 5.11. The molecule has 6 nitrogen and oxygen atoms in total. The molecule has 1 heterocycles. The van der Waals surface area contributed by atoms with Gasteiger partial charge in [-0.1, -0.05) is 11.6 Å². The van der Waals surface area contributed by atoms with Crippen LogP contribution in [0.4, 0.5) is 0 Å². The van der Waals surface area contributed by atoms with Crippen molar-refractivity contribution in [2.45, 2.75) is 10.1 Å². The fourth-order valence-electron chi connectivity index (χ4n) is 2.73. The predicted octanol–water partition coefficient (Wildman–Crippen LogP) is 2.66. The number of benzene rings is 2. The molecule has 26 heavy (non-hydrogen) atoms. The Hall–Kier alpha value is -2.25. The maximum absolute atomic E-state index is 12.6. The summed E-state index contributed by atoms with van der Waals surface area (Å²) in [6.07, 6.45) is 0. The van der Waals surface area contributed by atoms with Crippen LogP contribution in [0.3, 0.4) is 0 Å². The van der Waals surface area contributed by atoms with Gasteiger partial charge in [-0.05, 0) is 36.4 Å². The Morgan fingerprint density at radius 1 is 1.04 bits per heavy atom. The minimum absolute atomic E-state index is 0.142. The molecule has 0 saturated carbocycles. The number of methoxy groups -OCH3 is 2. The van der Waals surface area contributed by atoms with Gasteiger partial charge in [-0.25, -0.2) is 8.42 Å². The number of amides is 1. The van der Waals surface area contributed by atoms with Crippen LogP contribution in [0.2, 0.25) is 5.02 Å². The monoisotopic (exact) mass is 395 g/mol. The van der Waals surface area contributed by atoms with Crippen LogP contribution in [0.5, 0.6) is 11.5 Å². The first kappa shape index (κ1) is 18.5. The molecule has 138 valence electrons. The SMILES string of the molecule is COc1cc(OC)cc(C(=O)N2CC(S(=O)(=O)c3ccc(Cl)cc3)C2)c1. The van der Waals surface area contributed by atoms with Crippen molar-refractivity contribution in [3.63, 3.8) is 0 Å². The summed E-state index contributed by atoms with van der Waals surface area (Å²) in [5, 5.41) is -0.151. The number of rotatable bonds is 5. The maximum Gasteiger partial charge on any atom is 0.254 e. The number of halogens is 1. The molecular weight excluding hydrogens is 378 g/mol. The molecule has 0 N–H and O–H groups in total. The molecule has 1 amide bonds. The molecule has 1 fully saturated rings. The largest absolute Gasteiger partial charge is 0.497 e. The maximum atomic E-state index is 12.6. The first-order valence-corrected chi connectivity index (χ1v) is 9.79. The van der Waals surface area contributed by atoms with E-state index in [0.717, 1.165) is 0 Å². The Morgan fingerprint density at radius 2 is 1.58 bits per heavy atom. The van der Waals surface area contributed by atoms with Crippen LogP contribution in [0.15, 0.2) is 47.4 Å². The lowest BCUT2D eigenvalue weighted by Crippen LogP contribution is -2.56. The summed E-state index contributed by atoms with van der Waals surface area (Å²) >= 11 is 5.80. The van der Waals surface area contributed by atoms with Crippen molar-refractivity contribution in [2.24, 2.45) is 0 Å². The predicted molar refractivity (Wildman–Crippen MR) is 97.9 cm³/mol. The van der Waals surface area contributed by atoms with E-state index in [1.165, 1.54) is 31.3 Å². The zero-order chi connectivity index (χ0) is 18.9. The highest BCUT2D eigenvalue weighted by Crippen LogP contribution is 2.28. The highest BCUT2D eigenvalue weighted by atomic mass is 35.5. The van der Waals surface area contributed by atoms with Crippen LogP contribution in [0, 0.1) is 0 Å². The summed E-state index contributed by atoms with van der Waals surface area (Å²) in [6, 6.07) is 10.9. The van der Waals surface area contributed by atoms with Gasteiger partial charge in [0.15, 0.2) is 9.84 Å². The third-order valence-electron chi connectivity index (χ3n) is 4.31. The number of sulfone groups is 1. The fourth-order valence-corrected chi connectivity index (χ4v) is 4.51. The number of likely N-dealkylation sites (tertiary alicyclic amines) is 1. The summed E-state index contributed by atoms with van der Waals surface area (Å²) < 4.78 is 35.5. The van der Waals surface area contributed by atoms with E-state index < -0.39 is 15.1 Å². The summed E-state index contributed by atoms with van der Waals surface area (Å²) in [6.45, 7) is 0.284. The number of ether oxygens (including phenoxy) is 2. The van der Waals surface area contributed by atoms with Crippen LogP contribution in [0.25, 0.3) is 0 Å². The van der Waals surface area contributed by atoms with E-state index in [2.05, 4.69) is 0 Å². The first-order valence-electron chi connectivity index (χ1n) is 7.87. The topological polar surface area (TPSA) is 72.9 Å². The van der Waals surface area contributed by atoms with Crippen molar-refractivity contribution < 1.29 is 22.7 Å². The van der Waals surface area contributed by atoms with Gasteiger partial charge >= 0.3 is 0 Å². The number of carbonyl (C=O) groups excluding carboxylic acids is 1. The average Bonchev–Trinajstić information content (AvgIpc) is 2.60. The van der Waals surface area contributed by atoms with Crippen molar-refractivity contribution in [3.8, 4) is 11.5 Å². The molecule has 0 unspecified atom stereocenters. The minimum Gasteiger partial charge on any atom is -0.497 e. The molecule has 0 atom stereocenters. The molecule has 0 aliphatic carbocycles. The number of hydrogen-bond acceptors (Lipinski definition) is 5. The average molecular weight is 396 g/mol. The molecule has 0 aromatic heterocycles. The van der Waals surface area contributed by atoms with Gasteiger partial charge in [-0.2, -0.15) is 0 Å². The van der Waals surface area contributed by atoms with Crippen molar-refractivity contribution in [1.29, 1.82) is 0 Å². The molecule has 1 aliphatic rings. The van der Waals surface area contributed by atoms with E-state index in [-0.39, 0.29) is 23.9 Å². The minimum atomic E-state index is -3.50. The summed E-state index contributed by atoms with van der Waals surface area (Å²) in [7, 11) is -0.492. The zero-order valence-corrected chi connectivity index (χ0v) is 15.9. The van der Waals surface area contributed by atoms with Crippen molar-refractivity contribution in [3.05, 3.63) is 53.1 Å². The van der Waals surface area contributed by atoms with E-state index in [9.17, 15) is 13.2 Å². The molecule has 1 saturated heterocycles. The molecule has 0 spiro atoms. The Morgan fingerprint density at radius 3 is 2.08 bits per heavy atom. The second-order valence-corrected chi connectivity index (χ2v) is 8.60. The van der Waals surface area contributed by atoms with E-state index in [0.29, 0.717) is 22.1 Å². The smallest absolute Gasteiger partial charge is 0.254 e. The van der Waals surface area contributed by atoms with Gasteiger partial charge in [0.05, 0.1) is 19.1 Å². The summed E-state index contributed by atoms with van der Waals surface area (Å²) in [5.41, 5.74) is 0.392. The Balaban J connectivity index is 1.73. The number of nitrogens with zero attached hydrogens (tertiary/aromatic N) is 1. The lowest BCUT2D eigenvalue weighted by atomic mass is 10.1. The van der Waals surface area contributed by atoms with Crippen LogP contribution in [0.1, 0.15) is 10.4 Å². The standard InChI is InChI=1S/C18H18ClNO5S/c1-24-14-7-12(8-15(9-14)25-2)18(21)20-10-17(11-20)26(22,23)16-5-3-13(19)4-6-16/h3-9,17H,10-11H2,1-2H3. The molecule has 8 heteroatoms. The van der Waals surface area contributed by atoms with Crippen LogP contribution in [-0.2, 0) is 9.84 Å². The van der Waals surface area contributed by atoms with Gasteiger partial charge in [0.25, 0.3) is 5.91 Å². The van der Waals surface area contributed by atoms with E-state index in [1.807, 2.05) is 0 Å². The van der Waals surface area contributed by atoms with Crippen molar-refractivity contribution in [1.82, 2.24) is 4.90 Å². The lowest BCUT2D eigenvalue weighted by Gasteiger charge is -2.38. The molecule has 3 rings (SSSR count). The van der Waals surface area contributed by atoms with E-state index >= 15 is 0 Å². The molecule has 0 bridgehead atoms. The molecule has 2 aromatic rings. The van der Waals surface area contributed by atoms with Gasteiger partial charge in [-0.3, -0.25) is 4.79 Å². The van der Waals surface area contributed by atoms with Crippen LogP contribution < -0.4 is 9.47 Å². The normalized spacial score (nSPS) is 14.7. The molecule has 0 radical (unpaired) electrons. The summed E-state index contributed by atoms with van der Waals surface area (Å²) in [5.74, 6) is 0.738. The Bertz CT molecular complexity index is 899. The Labute approximate surface area is 157 Å². The summed E-state index contributed by atoms with van der Waals surface area (Å²) in [4.78, 5) is 14.3. The number of hydrogen-bond donors (Lipinski definition) is 0. The second kappa shape index (κ2) is 7.17. The van der Waals surface area contributed by atoms with Crippen molar-refractivity contribution in [2.75, 3.05) is 27.3 Å². The van der Waals surface area contributed by atoms with Gasteiger partial charge in [-0.15, -0.1) is 0 Å². The second-order valence-electron chi connectivity index (χ2n) is 5.93. The fraction of sp³-hybridized carbons (Fsp3) is 0.278. The number of carbonyl (C=O) groups is 1. The lowest BCUT2D eigenvalue weighted by molar-refractivity contribution is 0.0658. The van der Waals surface area contributed by atoms with Gasteiger partial charge in [0.2, 0.25) is 0 Å². The van der Waals surface area contributed by atoms with Crippen LogP contribution in [-0.4, -0.2) is 51.8 Å². The van der Waals surface area contributed by atoms with Crippen molar-refractivity contribution >= 4 is 27.3 Å². The first-order chi connectivity index (χ1) is 12.3. The molecular formula is C18H18ClNO5S. The van der Waals surface area contributed by atoms with E-state index in [4.69, 9.17) is 21.1 Å². The van der Waals surface area contributed by atoms with E-state index in [1.54, 1.807) is 30.3 Å². The molecule has 2 aromatic carbocycles. The van der Waals surface area contributed by atoms with Gasteiger partial charge in [0.1, 0.15) is 16.7 Å². The van der Waals surface area contributed by atoms with Gasteiger partial charge < -0.3 is 14.4 Å². The van der Waals surface area contributed by atoms with Gasteiger partial charge in [0, 0.05) is 29.7 Å². The molecule has 1 aliphatic heterocycles. The highest BCUT2D eigenvalue weighted by Gasteiger charge is 2.40. The third-order valence-corrected chi connectivity index (χ3v) is 6.67. The highest BCUT2D eigenvalue weighted by molar-refractivity contribution is 7.92. The zero-order valence-electron chi connectivity index (χ0n) is 14.3. The third kappa shape index (κ3) is 3.50.